The zero-order valence-electron chi connectivity index (χ0n) is 14.2. The second kappa shape index (κ2) is 7.20. The van der Waals surface area contributed by atoms with Crippen LogP contribution in [0.3, 0.4) is 0 Å². The van der Waals surface area contributed by atoms with E-state index in [4.69, 9.17) is 0 Å². The predicted molar refractivity (Wildman–Crippen MR) is 98.0 cm³/mol. The van der Waals surface area contributed by atoms with Gasteiger partial charge in [-0.1, -0.05) is 12.1 Å². The van der Waals surface area contributed by atoms with E-state index >= 15 is 0 Å². The number of aryl methyl sites for hydroxylation is 2. The summed E-state index contributed by atoms with van der Waals surface area (Å²) in [6, 6.07) is 11.3. The van der Waals surface area contributed by atoms with Crippen molar-refractivity contribution in [1.29, 1.82) is 0 Å². The van der Waals surface area contributed by atoms with Crippen molar-refractivity contribution in [2.24, 2.45) is 7.05 Å². The van der Waals surface area contributed by atoms with Crippen LogP contribution < -0.4 is 10.0 Å². The number of benzene rings is 1. The van der Waals surface area contributed by atoms with E-state index in [0.717, 1.165) is 36.2 Å². The van der Waals surface area contributed by atoms with Crippen molar-refractivity contribution >= 4 is 26.9 Å². The van der Waals surface area contributed by atoms with Gasteiger partial charge in [0.1, 0.15) is 16.5 Å². The van der Waals surface area contributed by atoms with Crippen molar-refractivity contribution in [3.05, 3.63) is 48.4 Å². The minimum absolute atomic E-state index is 0.153. The standard InChI is InChI=1S/C17H21N5O2S/c1-18-25(23,24)13-9-10-16(20-12-13)19-11-5-8-17-21-14-6-3-4-7-15(14)22(17)2/h3-4,6-7,9-10,12,18H,5,8,11H2,1-2H3,(H,19,20). The van der Waals surface area contributed by atoms with Gasteiger partial charge in [0.2, 0.25) is 10.0 Å². The van der Waals surface area contributed by atoms with Crippen molar-refractivity contribution in [3.63, 3.8) is 0 Å². The maximum Gasteiger partial charge on any atom is 0.241 e. The Morgan fingerprint density at radius 3 is 2.64 bits per heavy atom. The minimum Gasteiger partial charge on any atom is -0.370 e. The number of nitrogens with zero attached hydrogens (tertiary/aromatic N) is 3. The van der Waals surface area contributed by atoms with Crippen molar-refractivity contribution in [2.75, 3.05) is 18.9 Å². The molecule has 0 fully saturated rings. The number of imidazole rings is 1. The second-order valence-electron chi connectivity index (χ2n) is 5.69. The Hall–Kier alpha value is -2.45. The van der Waals surface area contributed by atoms with Gasteiger partial charge in [-0.25, -0.2) is 23.1 Å². The van der Waals surface area contributed by atoms with Crippen LogP contribution in [0.4, 0.5) is 5.82 Å². The summed E-state index contributed by atoms with van der Waals surface area (Å²) >= 11 is 0. The largest absolute Gasteiger partial charge is 0.370 e. The van der Waals surface area contributed by atoms with Gasteiger partial charge >= 0.3 is 0 Å². The number of sulfonamides is 1. The normalized spacial score (nSPS) is 11.8. The average molecular weight is 359 g/mol. The van der Waals surface area contributed by atoms with E-state index in [2.05, 4.69) is 30.6 Å². The fourth-order valence-corrected chi connectivity index (χ4v) is 3.32. The first-order chi connectivity index (χ1) is 12.0. The van der Waals surface area contributed by atoms with Crippen LogP contribution >= 0.6 is 0 Å². The van der Waals surface area contributed by atoms with Crippen molar-refractivity contribution in [3.8, 4) is 0 Å². The third-order valence-electron chi connectivity index (χ3n) is 4.08. The number of hydrogen-bond donors (Lipinski definition) is 2. The molecule has 0 amide bonds. The molecule has 0 saturated heterocycles. The number of para-hydroxylation sites is 2. The van der Waals surface area contributed by atoms with Crippen LogP contribution in [0.2, 0.25) is 0 Å². The molecular weight excluding hydrogens is 338 g/mol. The Bertz CT molecular complexity index is 964. The van der Waals surface area contributed by atoms with E-state index in [1.807, 2.05) is 25.2 Å². The van der Waals surface area contributed by atoms with Crippen LogP contribution in [-0.4, -0.2) is 36.5 Å². The van der Waals surface area contributed by atoms with Crippen molar-refractivity contribution in [2.45, 2.75) is 17.7 Å². The molecule has 3 rings (SSSR count). The third kappa shape index (κ3) is 3.80. The number of nitrogens with one attached hydrogen (secondary N) is 2. The second-order valence-corrected chi connectivity index (χ2v) is 7.58. The summed E-state index contributed by atoms with van der Waals surface area (Å²) in [6.45, 7) is 0.730. The number of rotatable bonds is 7. The van der Waals surface area contributed by atoms with E-state index in [0.29, 0.717) is 5.82 Å². The summed E-state index contributed by atoms with van der Waals surface area (Å²) in [4.78, 5) is 8.94. The Labute approximate surface area is 147 Å². The highest BCUT2D eigenvalue weighted by Crippen LogP contribution is 2.15. The maximum atomic E-state index is 11.7. The molecule has 0 aliphatic rings. The first-order valence-corrected chi connectivity index (χ1v) is 9.53. The molecule has 2 N–H and O–H groups in total. The topological polar surface area (TPSA) is 88.9 Å². The SMILES string of the molecule is CNS(=O)(=O)c1ccc(NCCCc2nc3ccccc3n2C)nc1. The summed E-state index contributed by atoms with van der Waals surface area (Å²) in [6.07, 6.45) is 3.10. The zero-order valence-corrected chi connectivity index (χ0v) is 15.0. The molecule has 132 valence electrons. The lowest BCUT2D eigenvalue weighted by Gasteiger charge is -2.07. The van der Waals surface area contributed by atoms with Gasteiger partial charge in [-0.3, -0.25) is 0 Å². The predicted octanol–water partition coefficient (Wildman–Crippen LogP) is 1.92. The highest BCUT2D eigenvalue weighted by atomic mass is 32.2. The van der Waals surface area contributed by atoms with Gasteiger partial charge in [0.05, 0.1) is 11.0 Å². The van der Waals surface area contributed by atoms with E-state index in [1.165, 1.54) is 19.3 Å². The first-order valence-electron chi connectivity index (χ1n) is 8.05. The van der Waals surface area contributed by atoms with Gasteiger partial charge < -0.3 is 9.88 Å². The quantitative estimate of drug-likeness (QED) is 0.629. The molecule has 0 spiro atoms. The monoisotopic (exact) mass is 359 g/mol. The van der Waals surface area contributed by atoms with Crippen LogP contribution in [0.25, 0.3) is 11.0 Å². The lowest BCUT2D eigenvalue weighted by Crippen LogP contribution is -2.18. The average Bonchev–Trinajstić information content (AvgIpc) is 2.95. The smallest absolute Gasteiger partial charge is 0.241 e. The molecule has 0 saturated carbocycles. The molecule has 0 aliphatic carbocycles. The molecule has 0 radical (unpaired) electrons. The van der Waals surface area contributed by atoms with Crippen LogP contribution in [-0.2, 0) is 23.5 Å². The van der Waals surface area contributed by atoms with Gasteiger partial charge in [-0.2, -0.15) is 0 Å². The Morgan fingerprint density at radius 2 is 1.96 bits per heavy atom. The fourth-order valence-electron chi connectivity index (χ4n) is 2.64. The molecule has 0 atom stereocenters. The van der Waals surface area contributed by atoms with Gasteiger partial charge in [-0.05, 0) is 37.7 Å². The zero-order chi connectivity index (χ0) is 17.9. The molecule has 8 heteroatoms. The first kappa shape index (κ1) is 17.4. The summed E-state index contributed by atoms with van der Waals surface area (Å²) < 4.78 is 27.7. The van der Waals surface area contributed by atoms with Gasteiger partial charge in [0.25, 0.3) is 0 Å². The molecule has 3 aromatic rings. The Morgan fingerprint density at radius 1 is 1.16 bits per heavy atom. The molecular formula is C17H21N5O2S. The number of fused-ring (bicyclic) bond motifs is 1. The molecule has 0 unspecified atom stereocenters. The van der Waals surface area contributed by atoms with Crippen molar-refractivity contribution < 1.29 is 8.42 Å². The summed E-state index contributed by atoms with van der Waals surface area (Å²) in [7, 11) is -0.0392. The fraction of sp³-hybridized carbons (Fsp3) is 0.294. The van der Waals surface area contributed by atoms with Crippen LogP contribution in [0, 0.1) is 0 Å². The lowest BCUT2D eigenvalue weighted by atomic mass is 10.3. The number of hydrogen-bond acceptors (Lipinski definition) is 5. The van der Waals surface area contributed by atoms with Gasteiger partial charge in [0, 0.05) is 26.2 Å². The van der Waals surface area contributed by atoms with Crippen molar-refractivity contribution in [1.82, 2.24) is 19.3 Å². The molecule has 25 heavy (non-hydrogen) atoms. The van der Waals surface area contributed by atoms with Gasteiger partial charge in [0.15, 0.2) is 0 Å². The number of anilines is 1. The summed E-state index contributed by atoms with van der Waals surface area (Å²) in [5.74, 6) is 1.70. The summed E-state index contributed by atoms with van der Waals surface area (Å²) in [5.41, 5.74) is 2.14. The highest BCUT2D eigenvalue weighted by molar-refractivity contribution is 7.89. The number of pyridine rings is 1. The maximum absolute atomic E-state index is 11.7. The molecule has 1 aromatic carbocycles. The number of aromatic nitrogens is 3. The molecule has 2 aromatic heterocycles. The lowest BCUT2D eigenvalue weighted by molar-refractivity contribution is 0.588. The highest BCUT2D eigenvalue weighted by Gasteiger charge is 2.11. The Kier molecular flexibility index (Phi) is 5.00. The summed E-state index contributed by atoms with van der Waals surface area (Å²) in [5, 5.41) is 3.20. The van der Waals surface area contributed by atoms with Crippen LogP contribution in [0.15, 0.2) is 47.5 Å². The molecule has 7 nitrogen and oxygen atoms in total. The van der Waals surface area contributed by atoms with Gasteiger partial charge in [-0.15, -0.1) is 0 Å². The molecule has 2 heterocycles. The minimum atomic E-state index is -3.45. The molecule has 0 bridgehead atoms. The van der Waals surface area contributed by atoms with E-state index in [-0.39, 0.29) is 4.90 Å². The third-order valence-corrected chi connectivity index (χ3v) is 5.48. The van der Waals surface area contributed by atoms with E-state index < -0.39 is 10.0 Å². The van der Waals surface area contributed by atoms with E-state index in [1.54, 1.807) is 6.07 Å². The molecule has 0 aliphatic heterocycles. The van der Waals surface area contributed by atoms with Crippen LogP contribution in [0.1, 0.15) is 12.2 Å². The Balaban J connectivity index is 1.55. The van der Waals surface area contributed by atoms with E-state index in [9.17, 15) is 8.42 Å². The van der Waals surface area contributed by atoms with Crippen LogP contribution in [0.5, 0.6) is 0 Å².